The van der Waals surface area contributed by atoms with Crippen LogP contribution in [0, 0.1) is 17.0 Å². The minimum atomic E-state index is -0.884. The number of rotatable bonds is 11. The van der Waals surface area contributed by atoms with Gasteiger partial charge in [0.15, 0.2) is 0 Å². The molecule has 0 spiro atoms. The maximum absolute atomic E-state index is 13.4. The number of likely N-dealkylation sites (tertiary alicyclic amines) is 1. The highest BCUT2D eigenvalue weighted by Crippen LogP contribution is 2.40. The number of amides is 1. The van der Waals surface area contributed by atoms with Crippen LogP contribution < -0.4 is 4.74 Å². The van der Waals surface area contributed by atoms with Crippen molar-refractivity contribution in [3.63, 3.8) is 0 Å². The van der Waals surface area contributed by atoms with Crippen LogP contribution in [0.3, 0.4) is 0 Å². The number of Topliss-reactive ketones (excluding diaryl/α,β-unsaturated/α-hetero) is 1. The lowest BCUT2D eigenvalue weighted by Gasteiger charge is -2.28. The molecule has 1 fully saturated rings. The van der Waals surface area contributed by atoms with E-state index in [4.69, 9.17) is 4.74 Å². The van der Waals surface area contributed by atoms with E-state index in [-0.39, 0.29) is 23.6 Å². The fraction of sp³-hybridized carbons (Fsp3) is 0.290. The molecule has 0 saturated carbocycles. The van der Waals surface area contributed by atoms with Gasteiger partial charge in [-0.1, -0.05) is 44.2 Å². The number of aliphatic hydroxyl groups excluding tert-OH is 1. The Kier molecular flexibility index (Phi) is 8.96. The van der Waals surface area contributed by atoms with Crippen LogP contribution >= 0.6 is 0 Å². The van der Waals surface area contributed by atoms with Crippen molar-refractivity contribution in [3.8, 4) is 5.75 Å². The fourth-order valence-corrected chi connectivity index (χ4v) is 4.90. The van der Waals surface area contributed by atoms with E-state index >= 15 is 0 Å². The van der Waals surface area contributed by atoms with Gasteiger partial charge in [0.1, 0.15) is 18.1 Å². The predicted molar refractivity (Wildman–Crippen MR) is 152 cm³/mol. The summed E-state index contributed by atoms with van der Waals surface area (Å²) in [5.74, 6) is -1.19. The minimum absolute atomic E-state index is 0.0422. The van der Waals surface area contributed by atoms with Crippen LogP contribution in [0.5, 0.6) is 5.75 Å². The third-order valence-corrected chi connectivity index (χ3v) is 7.21. The molecule has 1 heterocycles. The summed E-state index contributed by atoms with van der Waals surface area (Å²) in [7, 11) is 0. The molecule has 0 unspecified atom stereocenters. The van der Waals surface area contributed by atoms with Crippen LogP contribution in [0.1, 0.15) is 42.1 Å². The van der Waals surface area contributed by atoms with Gasteiger partial charge in [-0.25, -0.2) is 0 Å². The molecule has 1 amide bonds. The lowest BCUT2D eigenvalue weighted by molar-refractivity contribution is -0.384. The molecule has 3 aromatic carbocycles. The number of ether oxygens (including phenoxy) is 1. The van der Waals surface area contributed by atoms with Crippen LogP contribution in [-0.2, 0) is 16.2 Å². The highest BCUT2D eigenvalue weighted by molar-refractivity contribution is 6.46. The zero-order chi connectivity index (χ0) is 28.8. The summed E-state index contributed by atoms with van der Waals surface area (Å²) in [6.45, 7) is 8.56. The summed E-state index contributed by atoms with van der Waals surface area (Å²) >= 11 is 0. The van der Waals surface area contributed by atoms with Gasteiger partial charge >= 0.3 is 0 Å². The van der Waals surface area contributed by atoms with E-state index in [2.05, 4.69) is 4.90 Å². The first-order valence-electron chi connectivity index (χ1n) is 13.3. The highest BCUT2D eigenvalue weighted by atomic mass is 16.6. The van der Waals surface area contributed by atoms with Gasteiger partial charge in [-0.2, -0.15) is 0 Å². The molecule has 40 heavy (non-hydrogen) atoms. The number of aliphatic hydroxyl groups is 1. The lowest BCUT2D eigenvalue weighted by Crippen LogP contribution is -2.38. The third kappa shape index (κ3) is 6.05. The number of non-ortho nitro benzene ring substituents is 1. The van der Waals surface area contributed by atoms with Crippen molar-refractivity contribution in [2.24, 2.45) is 0 Å². The lowest BCUT2D eigenvalue weighted by atomic mass is 9.93. The molecule has 9 nitrogen and oxygen atoms in total. The third-order valence-electron chi connectivity index (χ3n) is 7.21. The van der Waals surface area contributed by atoms with Crippen molar-refractivity contribution < 1.29 is 24.4 Å². The molecule has 0 aromatic heterocycles. The quantitative estimate of drug-likeness (QED) is 0.116. The van der Waals surface area contributed by atoms with Crippen LogP contribution in [0.15, 0.2) is 78.4 Å². The number of likely N-dealkylation sites (N-methyl/N-ethyl adjacent to an activating group) is 1. The van der Waals surface area contributed by atoms with Gasteiger partial charge in [0, 0.05) is 30.8 Å². The monoisotopic (exact) mass is 543 g/mol. The van der Waals surface area contributed by atoms with Crippen LogP contribution in [0.25, 0.3) is 5.76 Å². The first kappa shape index (κ1) is 28.5. The van der Waals surface area contributed by atoms with E-state index in [9.17, 15) is 24.8 Å². The molecular weight excluding hydrogens is 510 g/mol. The van der Waals surface area contributed by atoms with Crippen LogP contribution in [0.4, 0.5) is 5.69 Å². The number of nitrogens with zero attached hydrogens (tertiary/aromatic N) is 3. The number of nitro benzene ring substituents is 1. The van der Waals surface area contributed by atoms with Gasteiger partial charge in [-0.15, -0.1) is 0 Å². The standard InChI is InChI=1S/C31H33N3O6/c1-4-32(5-2)17-18-33-28(23-11-13-24(14-12-23)34(38)39)27(30(36)31(33)37)29(35)26-16-15-25(19-21(26)3)40-20-22-9-7-6-8-10-22/h6-16,19,28,35H,4-5,17-18,20H2,1-3H3/b29-27+/t28-/m0/s1. The Morgan fingerprint density at radius 3 is 2.30 bits per heavy atom. The second-order valence-corrected chi connectivity index (χ2v) is 9.62. The Labute approximate surface area is 233 Å². The summed E-state index contributed by atoms with van der Waals surface area (Å²) in [4.78, 5) is 40.9. The number of hydrogen-bond donors (Lipinski definition) is 1. The van der Waals surface area contributed by atoms with Crippen molar-refractivity contribution in [1.82, 2.24) is 9.80 Å². The van der Waals surface area contributed by atoms with E-state index in [1.165, 1.54) is 29.2 Å². The van der Waals surface area contributed by atoms with E-state index in [1.54, 1.807) is 25.1 Å². The summed E-state index contributed by atoms with van der Waals surface area (Å²) in [6.07, 6.45) is 0. The highest BCUT2D eigenvalue weighted by Gasteiger charge is 2.46. The minimum Gasteiger partial charge on any atom is -0.507 e. The molecule has 4 rings (SSSR count). The fourth-order valence-electron chi connectivity index (χ4n) is 4.90. The molecular formula is C31H33N3O6. The first-order chi connectivity index (χ1) is 19.2. The zero-order valence-electron chi connectivity index (χ0n) is 22.9. The SMILES string of the molecule is CCN(CC)CCN1C(=O)C(=O)/C(=C(/O)c2ccc(OCc3ccccc3)cc2C)[C@@H]1c1ccc([N+](=O)[O-])cc1. The van der Waals surface area contributed by atoms with Crippen molar-refractivity contribution >= 4 is 23.1 Å². The van der Waals surface area contributed by atoms with Gasteiger partial charge in [0.25, 0.3) is 17.4 Å². The topological polar surface area (TPSA) is 113 Å². The van der Waals surface area contributed by atoms with E-state index < -0.39 is 22.7 Å². The van der Waals surface area contributed by atoms with E-state index in [0.717, 1.165) is 18.7 Å². The molecule has 3 aromatic rings. The molecule has 0 bridgehead atoms. The summed E-state index contributed by atoms with van der Waals surface area (Å²) in [6, 6.07) is 19.7. The molecule has 0 aliphatic carbocycles. The average Bonchev–Trinajstić information content (AvgIpc) is 3.22. The molecule has 1 N–H and O–H groups in total. The van der Waals surface area contributed by atoms with Gasteiger partial charge in [0.05, 0.1) is 16.5 Å². The van der Waals surface area contributed by atoms with Gasteiger partial charge in [-0.05, 0) is 67.0 Å². The number of ketones is 1. The maximum Gasteiger partial charge on any atom is 0.295 e. The molecule has 1 saturated heterocycles. The number of carbonyl (C=O) groups excluding carboxylic acids is 2. The van der Waals surface area contributed by atoms with Crippen LogP contribution in [0.2, 0.25) is 0 Å². The largest absolute Gasteiger partial charge is 0.507 e. The molecule has 208 valence electrons. The Morgan fingerprint density at radius 2 is 1.70 bits per heavy atom. The van der Waals surface area contributed by atoms with Crippen LogP contribution in [-0.4, -0.2) is 57.7 Å². The number of nitro groups is 1. The van der Waals surface area contributed by atoms with Crippen molar-refractivity contribution in [2.75, 3.05) is 26.2 Å². The number of carbonyl (C=O) groups is 2. The summed E-state index contributed by atoms with van der Waals surface area (Å²) in [5, 5.41) is 22.7. The zero-order valence-corrected chi connectivity index (χ0v) is 22.9. The normalized spacial score (nSPS) is 16.5. The van der Waals surface area contributed by atoms with E-state index in [1.807, 2.05) is 44.2 Å². The second-order valence-electron chi connectivity index (χ2n) is 9.62. The Bertz CT molecular complexity index is 1410. The molecule has 0 radical (unpaired) electrons. The Balaban J connectivity index is 1.71. The number of aryl methyl sites for hydroxylation is 1. The second kappa shape index (κ2) is 12.6. The first-order valence-corrected chi connectivity index (χ1v) is 13.3. The molecule has 9 heteroatoms. The van der Waals surface area contributed by atoms with Gasteiger partial charge in [-0.3, -0.25) is 19.7 Å². The average molecular weight is 544 g/mol. The van der Waals surface area contributed by atoms with Crippen molar-refractivity contribution in [2.45, 2.75) is 33.4 Å². The summed E-state index contributed by atoms with van der Waals surface area (Å²) < 4.78 is 5.90. The summed E-state index contributed by atoms with van der Waals surface area (Å²) in [5.41, 5.74) is 2.44. The van der Waals surface area contributed by atoms with Gasteiger partial charge < -0.3 is 19.6 Å². The Hall–Kier alpha value is -4.50. The molecule has 1 aliphatic heterocycles. The van der Waals surface area contributed by atoms with Crippen molar-refractivity contribution in [1.29, 1.82) is 0 Å². The number of benzene rings is 3. The maximum atomic E-state index is 13.4. The van der Waals surface area contributed by atoms with Crippen molar-refractivity contribution in [3.05, 3.63) is 111 Å². The predicted octanol–water partition coefficient (Wildman–Crippen LogP) is 5.25. The molecule has 1 aliphatic rings. The number of hydrogen-bond acceptors (Lipinski definition) is 7. The van der Waals surface area contributed by atoms with E-state index in [0.29, 0.717) is 35.6 Å². The molecule has 1 atom stereocenters. The smallest absolute Gasteiger partial charge is 0.295 e. The van der Waals surface area contributed by atoms with Gasteiger partial charge in [0.2, 0.25) is 0 Å². The Morgan fingerprint density at radius 1 is 1.02 bits per heavy atom.